The third kappa shape index (κ3) is 3.81. The first-order valence-corrected chi connectivity index (χ1v) is 11.1. The zero-order chi connectivity index (χ0) is 24.0. The van der Waals surface area contributed by atoms with Crippen molar-refractivity contribution in [3.63, 3.8) is 0 Å². The summed E-state index contributed by atoms with van der Waals surface area (Å²) in [6, 6.07) is 7.34. The summed E-state index contributed by atoms with van der Waals surface area (Å²) >= 11 is 0. The van der Waals surface area contributed by atoms with Gasteiger partial charge in [0.2, 0.25) is 5.91 Å². The molecule has 0 aliphatic carbocycles. The van der Waals surface area contributed by atoms with Gasteiger partial charge in [0.25, 0.3) is 0 Å². The highest BCUT2D eigenvalue weighted by atomic mass is 19.1. The van der Waals surface area contributed by atoms with E-state index in [1.165, 1.54) is 0 Å². The molecule has 3 N–H and O–H groups in total. The second-order valence-electron chi connectivity index (χ2n) is 8.74. The van der Waals surface area contributed by atoms with Gasteiger partial charge in [0.05, 0.1) is 5.69 Å². The molecule has 1 aliphatic rings. The van der Waals surface area contributed by atoms with Crippen molar-refractivity contribution in [1.29, 1.82) is 0 Å². The summed E-state index contributed by atoms with van der Waals surface area (Å²) in [6.45, 7) is 6.76. The Morgan fingerprint density at radius 1 is 1.15 bits per heavy atom. The predicted molar refractivity (Wildman–Crippen MR) is 128 cm³/mol. The Hall–Kier alpha value is -4.08. The van der Waals surface area contributed by atoms with Crippen molar-refractivity contribution in [2.24, 2.45) is 0 Å². The third-order valence-electron chi connectivity index (χ3n) is 6.14. The summed E-state index contributed by atoms with van der Waals surface area (Å²) in [5.74, 6) is 0.504. The minimum atomic E-state index is -0.545. The van der Waals surface area contributed by atoms with Crippen LogP contribution in [0.4, 0.5) is 21.7 Å². The first-order chi connectivity index (χ1) is 16.3. The number of fused-ring (bicyclic) bond motifs is 2. The third-order valence-corrected chi connectivity index (χ3v) is 6.14. The van der Waals surface area contributed by atoms with Crippen LogP contribution < -0.4 is 11.1 Å². The highest BCUT2D eigenvalue weighted by Crippen LogP contribution is 2.34. The molecule has 1 aliphatic heterocycles. The summed E-state index contributed by atoms with van der Waals surface area (Å²) in [4.78, 5) is 18.5. The van der Waals surface area contributed by atoms with Gasteiger partial charge in [-0.05, 0) is 44.5 Å². The maximum absolute atomic E-state index is 15.0. The zero-order valence-electron chi connectivity index (χ0n) is 19.2. The molecule has 0 radical (unpaired) electrons. The van der Waals surface area contributed by atoms with E-state index < -0.39 is 5.82 Å². The minimum absolute atomic E-state index is 0.0459. The number of benzene rings is 1. The van der Waals surface area contributed by atoms with E-state index in [9.17, 15) is 4.79 Å². The van der Waals surface area contributed by atoms with Crippen LogP contribution in [0.5, 0.6) is 0 Å². The molecule has 0 atom stereocenters. The number of aryl methyl sites for hydroxylation is 1. The summed E-state index contributed by atoms with van der Waals surface area (Å²) in [5.41, 5.74) is 9.17. The molecule has 9 nitrogen and oxygen atoms in total. The molecule has 1 amide bonds. The van der Waals surface area contributed by atoms with Crippen molar-refractivity contribution in [2.75, 3.05) is 17.6 Å². The standard InChI is InChI=1S/C24H25FN8O/c1-13(2)32-7-5-16-10-20(31-33(16)12-21(32)34)28-19-9-15-8-17(18-11-27-6-4-14(18)3)22(25)23(26)24(15)30-29-19/h4,6,8-11,13H,5,7,12,26H2,1-3H3,(H,28,29,31). The highest BCUT2D eigenvalue weighted by Gasteiger charge is 2.24. The molecule has 0 saturated carbocycles. The van der Waals surface area contributed by atoms with Crippen molar-refractivity contribution in [3.8, 4) is 11.1 Å². The van der Waals surface area contributed by atoms with Crippen LogP contribution in [-0.4, -0.2) is 48.4 Å². The Labute approximate surface area is 195 Å². The molecule has 34 heavy (non-hydrogen) atoms. The van der Waals surface area contributed by atoms with E-state index in [2.05, 4.69) is 25.6 Å². The summed E-state index contributed by atoms with van der Waals surface area (Å²) in [7, 11) is 0. The molecule has 10 heteroatoms. The van der Waals surface area contributed by atoms with Gasteiger partial charge in [0.15, 0.2) is 17.5 Å². The fraction of sp³-hybridized carbons (Fsp3) is 0.292. The van der Waals surface area contributed by atoms with Crippen molar-refractivity contribution < 1.29 is 9.18 Å². The number of anilines is 3. The molecule has 0 fully saturated rings. The molecule has 0 spiro atoms. The second-order valence-corrected chi connectivity index (χ2v) is 8.74. The second kappa shape index (κ2) is 8.36. The van der Waals surface area contributed by atoms with Crippen LogP contribution in [0.15, 0.2) is 36.7 Å². The Morgan fingerprint density at radius 3 is 2.74 bits per heavy atom. The van der Waals surface area contributed by atoms with Gasteiger partial charge in [0, 0.05) is 59.7 Å². The Bertz CT molecular complexity index is 1410. The predicted octanol–water partition coefficient (Wildman–Crippen LogP) is 3.45. The molecule has 4 aromatic rings. The van der Waals surface area contributed by atoms with Crippen molar-refractivity contribution in [1.82, 2.24) is 29.9 Å². The fourth-order valence-corrected chi connectivity index (χ4v) is 4.31. The van der Waals surface area contributed by atoms with Crippen LogP contribution in [-0.2, 0) is 17.8 Å². The lowest BCUT2D eigenvalue weighted by Gasteiger charge is -2.24. The van der Waals surface area contributed by atoms with E-state index >= 15 is 4.39 Å². The van der Waals surface area contributed by atoms with Crippen LogP contribution >= 0.6 is 0 Å². The van der Waals surface area contributed by atoms with E-state index in [-0.39, 0.29) is 29.7 Å². The van der Waals surface area contributed by atoms with Crippen molar-refractivity contribution >= 4 is 34.1 Å². The number of carbonyl (C=O) groups excluding carboxylic acids is 1. The number of pyridine rings is 1. The van der Waals surface area contributed by atoms with Gasteiger partial charge in [-0.25, -0.2) is 4.39 Å². The van der Waals surface area contributed by atoms with Gasteiger partial charge in [-0.1, -0.05) is 0 Å². The van der Waals surface area contributed by atoms with Gasteiger partial charge in [-0.3, -0.25) is 14.5 Å². The highest BCUT2D eigenvalue weighted by molar-refractivity contribution is 5.95. The van der Waals surface area contributed by atoms with Crippen molar-refractivity contribution in [3.05, 3.63) is 53.7 Å². The SMILES string of the molecule is Cc1ccncc1-c1cc2cc(Nc3cc4n(n3)CC(=O)N(C(C)C)CC4)nnc2c(N)c1F. The topological polar surface area (TPSA) is 115 Å². The molecule has 5 rings (SSSR count). The Kier molecular flexibility index (Phi) is 5.35. The zero-order valence-corrected chi connectivity index (χ0v) is 19.2. The summed E-state index contributed by atoms with van der Waals surface area (Å²) in [5, 5.41) is 16.6. The van der Waals surface area contributed by atoms with Crippen LogP contribution in [0.1, 0.15) is 25.1 Å². The van der Waals surface area contributed by atoms with E-state index in [4.69, 9.17) is 5.73 Å². The molecular weight excluding hydrogens is 435 g/mol. The molecule has 174 valence electrons. The van der Waals surface area contributed by atoms with E-state index in [0.29, 0.717) is 41.1 Å². The van der Waals surface area contributed by atoms with Crippen molar-refractivity contribution in [2.45, 2.75) is 39.8 Å². The normalized spacial score (nSPS) is 13.9. The number of aromatic nitrogens is 5. The number of rotatable bonds is 4. The van der Waals surface area contributed by atoms with E-state index in [1.807, 2.05) is 37.8 Å². The number of amides is 1. The fourth-order valence-electron chi connectivity index (χ4n) is 4.31. The number of nitrogens with zero attached hydrogens (tertiary/aromatic N) is 6. The summed E-state index contributed by atoms with van der Waals surface area (Å²) < 4.78 is 16.8. The number of nitrogens with two attached hydrogens (primary N) is 1. The number of nitrogens with one attached hydrogen (secondary N) is 1. The maximum Gasteiger partial charge on any atom is 0.244 e. The number of nitrogen functional groups attached to an aromatic ring is 1. The average molecular weight is 461 g/mol. The molecule has 0 bridgehead atoms. The monoisotopic (exact) mass is 460 g/mol. The smallest absolute Gasteiger partial charge is 0.244 e. The van der Waals surface area contributed by atoms with Gasteiger partial charge in [0.1, 0.15) is 12.1 Å². The summed E-state index contributed by atoms with van der Waals surface area (Å²) in [6.07, 6.45) is 3.99. The first kappa shape index (κ1) is 21.7. The van der Waals surface area contributed by atoms with Gasteiger partial charge in [-0.2, -0.15) is 5.10 Å². The molecule has 1 aromatic carbocycles. The quantitative estimate of drug-likeness (QED) is 0.448. The van der Waals surface area contributed by atoms with Gasteiger partial charge in [-0.15, -0.1) is 10.2 Å². The van der Waals surface area contributed by atoms with Gasteiger partial charge < -0.3 is 16.0 Å². The maximum atomic E-state index is 15.0. The average Bonchev–Trinajstić information content (AvgIpc) is 3.09. The molecule has 3 aromatic heterocycles. The molecular formula is C24H25FN8O. The lowest BCUT2D eigenvalue weighted by molar-refractivity contribution is -0.133. The number of carbonyl (C=O) groups is 1. The number of hydrogen-bond donors (Lipinski definition) is 2. The molecule has 0 unspecified atom stereocenters. The lowest BCUT2D eigenvalue weighted by Crippen LogP contribution is -2.38. The Balaban J connectivity index is 1.47. The van der Waals surface area contributed by atoms with Crippen LogP contribution in [0, 0.1) is 12.7 Å². The van der Waals surface area contributed by atoms with E-state index in [0.717, 1.165) is 11.3 Å². The molecule has 0 saturated heterocycles. The number of halogens is 1. The number of hydrogen-bond acceptors (Lipinski definition) is 7. The van der Waals surface area contributed by atoms with Crippen LogP contribution in [0.3, 0.4) is 0 Å². The lowest BCUT2D eigenvalue weighted by atomic mass is 9.99. The van der Waals surface area contributed by atoms with Crippen LogP contribution in [0.25, 0.3) is 22.0 Å². The van der Waals surface area contributed by atoms with Crippen LogP contribution in [0.2, 0.25) is 0 Å². The van der Waals surface area contributed by atoms with E-state index in [1.54, 1.807) is 29.2 Å². The largest absolute Gasteiger partial charge is 0.395 e. The minimum Gasteiger partial charge on any atom is -0.395 e. The molecule has 4 heterocycles. The Morgan fingerprint density at radius 2 is 1.97 bits per heavy atom. The first-order valence-electron chi connectivity index (χ1n) is 11.1. The van der Waals surface area contributed by atoms with Gasteiger partial charge >= 0.3 is 0 Å².